The quantitative estimate of drug-likeness (QED) is 0.323. The van der Waals surface area contributed by atoms with Gasteiger partial charge in [-0.1, -0.05) is 29.8 Å². The molecule has 8 nitrogen and oxygen atoms in total. The van der Waals surface area contributed by atoms with Crippen LogP contribution in [0.1, 0.15) is 36.1 Å². The molecule has 0 fully saturated rings. The molecule has 206 valence electrons. The third-order valence-electron chi connectivity index (χ3n) is 6.86. The van der Waals surface area contributed by atoms with Crippen LogP contribution < -0.4 is 24.3 Å². The highest BCUT2D eigenvalue weighted by atomic mass is 35.5. The Hall–Kier alpha value is -3.53. The van der Waals surface area contributed by atoms with Gasteiger partial charge in [0.2, 0.25) is 0 Å². The summed E-state index contributed by atoms with van der Waals surface area (Å²) in [7, 11) is 0. The van der Waals surface area contributed by atoms with Gasteiger partial charge in [0.15, 0.2) is 17.3 Å². The van der Waals surface area contributed by atoms with Gasteiger partial charge in [-0.2, -0.15) is 0 Å². The van der Waals surface area contributed by atoms with Gasteiger partial charge >= 0.3 is 5.97 Å². The number of carboxylic acids is 1. The van der Waals surface area contributed by atoms with Crippen molar-refractivity contribution in [2.75, 3.05) is 26.4 Å². The zero-order valence-electron chi connectivity index (χ0n) is 21.3. The van der Waals surface area contributed by atoms with Crippen molar-refractivity contribution in [3.8, 4) is 34.1 Å². The summed E-state index contributed by atoms with van der Waals surface area (Å²) in [5.41, 5.74) is 3.83. The van der Waals surface area contributed by atoms with Gasteiger partial charge in [-0.3, -0.25) is 10.1 Å². The minimum absolute atomic E-state index is 0.129. The highest BCUT2D eigenvalue weighted by molar-refractivity contribution is 6.32. The van der Waals surface area contributed by atoms with Crippen molar-refractivity contribution in [3.63, 3.8) is 0 Å². The summed E-state index contributed by atoms with van der Waals surface area (Å²) >= 11 is 6.58. The zero-order chi connectivity index (χ0) is 27.5. The maximum Gasteiger partial charge on any atom is 0.323 e. The first-order valence-corrected chi connectivity index (χ1v) is 13.2. The fourth-order valence-corrected chi connectivity index (χ4v) is 5.22. The predicted octanol–water partition coefficient (Wildman–Crippen LogP) is 4.92. The van der Waals surface area contributed by atoms with E-state index in [1.54, 1.807) is 24.3 Å². The number of hydrogen-bond acceptors (Lipinski definition) is 7. The maximum atomic E-state index is 15.4. The number of aliphatic hydroxyl groups is 1. The van der Waals surface area contributed by atoms with Gasteiger partial charge in [0.1, 0.15) is 36.9 Å². The second-order valence-electron chi connectivity index (χ2n) is 9.25. The molecule has 0 saturated carbocycles. The first-order chi connectivity index (χ1) is 18.9. The molecule has 0 saturated heterocycles. The van der Waals surface area contributed by atoms with Crippen molar-refractivity contribution in [2.45, 2.75) is 38.5 Å². The number of ether oxygens (including phenoxy) is 4. The first kappa shape index (κ1) is 27.1. The Morgan fingerprint density at radius 3 is 2.77 bits per heavy atom. The summed E-state index contributed by atoms with van der Waals surface area (Å²) in [5, 5.41) is 21.6. The molecule has 0 bridgehead atoms. The molecule has 3 N–H and O–H groups in total. The Bertz CT molecular complexity index is 1380. The molecule has 1 aliphatic carbocycles. The first-order valence-electron chi connectivity index (χ1n) is 12.8. The molecule has 39 heavy (non-hydrogen) atoms. The SMILES string of the molecule is CCOc1cc(O[C@H]2CCc3c(-c4ccc5c(c4F)OCCO5)cccc32)c(Cl)cc1CN[C@@H](CO)C(=O)O. The molecule has 0 unspecified atom stereocenters. The number of rotatable bonds is 10. The Kier molecular flexibility index (Phi) is 8.11. The lowest BCUT2D eigenvalue weighted by Gasteiger charge is -2.21. The molecule has 0 aromatic heterocycles. The summed E-state index contributed by atoms with van der Waals surface area (Å²) in [4.78, 5) is 11.2. The van der Waals surface area contributed by atoms with Gasteiger partial charge in [0.25, 0.3) is 0 Å². The van der Waals surface area contributed by atoms with E-state index in [0.29, 0.717) is 66.1 Å². The highest BCUT2D eigenvalue weighted by Crippen LogP contribution is 2.45. The number of carbonyl (C=O) groups is 1. The Labute approximate surface area is 230 Å². The molecular formula is C29H29ClFNO7. The fraction of sp³-hybridized carbons (Fsp3) is 0.345. The lowest BCUT2D eigenvalue weighted by molar-refractivity contribution is -0.140. The number of hydrogen-bond donors (Lipinski definition) is 3. The monoisotopic (exact) mass is 557 g/mol. The van der Waals surface area contributed by atoms with Crippen molar-refractivity contribution < 1.29 is 38.3 Å². The van der Waals surface area contributed by atoms with Crippen molar-refractivity contribution in [1.82, 2.24) is 5.32 Å². The van der Waals surface area contributed by atoms with Crippen LogP contribution >= 0.6 is 11.6 Å². The summed E-state index contributed by atoms with van der Waals surface area (Å²) in [5.74, 6) is -0.127. The summed E-state index contributed by atoms with van der Waals surface area (Å²) in [6, 6.07) is 11.5. The zero-order valence-corrected chi connectivity index (χ0v) is 22.1. The average Bonchev–Trinajstić information content (AvgIpc) is 3.34. The van der Waals surface area contributed by atoms with Crippen LogP contribution in [0, 0.1) is 5.82 Å². The third kappa shape index (κ3) is 5.48. The van der Waals surface area contributed by atoms with Gasteiger partial charge in [-0.25, -0.2) is 4.39 Å². The van der Waals surface area contributed by atoms with Gasteiger partial charge in [-0.05, 0) is 54.7 Å². The minimum atomic E-state index is -1.16. The van der Waals surface area contributed by atoms with Gasteiger partial charge < -0.3 is 29.2 Å². The van der Waals surface area contributed by atoms with Crippen LogP contribution in [0.15, 0.2) is 42.5 Å². The standard InChI is InChI=1S/C29H29ClFNO7/c1-2-36-25-13-26(21(30)12-16(25)14-32-22(15-33)29(34)35)39-23-8-6-18-17(4-3-5-19(18)23)20-7-9-24-28(27(20)31)38-11-10-37-24/h3-5,7,9,12-13,22-23,32-33H,2,6,8,10-11,14-15H2,1H3,(H,34,35)/t22-,23-/m0/s1. The Balaban J connectivity index is 1.41. The molecule has 3 aromatic rings. The van der Waals surface area contributed by atoms with E-state index >= 15 is 4.39 Å². The minimum Gasteiger partial charge on any atom is -0.493 e. The molecule has 5 rings (SSSR count). The molecule has 0 spiro atoms. The van der Waals surface area contributed by atoms with Crippen molar-refractivity contribution >= 4 is 17.6 Å². The lowest BCUT2D eigenvalue weighted by Crippen LogP contribution is -2.39. The second-order valence-corrected chi connectivity index (χ2v) is 9.65. The molecule has 10 heteroatoms. The third-order valence-corrected chi connectivity index (χ3v) is 7.15. The predicted molar refractivity (Wildman–Crippen MR) is 142 cm³/mol. The van der Waals surface area contributed by atoms with E-state index in [1.807, 2.05) is 25.1 Å². The molecule has 1 heterocycles. The highest BCUT2D eigenvalue weighted by Gasteiger charge is 2.30. The van der Waals surface area contributed by atoms with Crippen LogP contribution in [-0.4, -0.2) is 48.7 Å². The summed E-state index contributed by atoms with van der Waals surface area (Å²) in [6.07, 6.45) is 1.07. The number of fused-ring (bicyclic) bond motifs is 2. The maximum absolute atomic E-state index is 15.4. The van der Waals surface area contributed by atoms with Crippen LogP contribution in [0.25, 0.3) is 11.1 Å². The molecule has 3 aromatic carbocycles. The normalized spacial score (nSPS) is 16.5. The number of aliphatic hydroxyl groups excluding tert-OH is 1. The van der Waals surface area contributed by atoms with E-state index in [1.165, 1.54) is 0 Å². The molecule has 2 aliphatic rings. The van der Waals surface area contributed by atoms with Crippen molar-refractivity contribution in [2.24, 2.45) is 0 Å². The van der Waals surface area contributed by atoms with E-state index < -0.39 is 24.4 Å². The average molecular weight is 558 g/mol. The van der Waals surface area contributed by atoms with Crippen LogP contribution in [0.2, 0.25) is 5.02 Å². The van der Waals surface area contributed by atoms with E-state index in [0.717, 1.165) is 16.7 Å². The number of halogens is 2. The summed E-state index contributed by atoms with van der Waals surface area (Å²) in [6.45, 7) is 2.50. The van der Waals surface area contributed by atoms with E-state index in [9.17, 15) is 15.0 Å². The number of carboxylic acid groups (broad SMARTS) is 1. The van der Waals surface area contributed by atoms with Gasteiger partial charge in [0.05, 0.1) is 18.2 Å². The topological polar surface area (TPSA) is 106 Å². The van der Waals surface area contributed by atoms with E-state index in [2.05, 4.69) is 5.32 Å². The summed E-state index contributed by atoms with van der Waals surface area (Å²) < 4.78 is 38.6. The lowest BCUT2D eigenvalue weighted by atomic mass is 9.96. The fourth-order valence-electron chi connectivity index (χ4n) is 4.99. The molecule has 1 aliphatic heterocycles. The van der Waals surface area contributed by atoms with Crippen molar-refractivity contribution in [1.29, 1.82) is 0 Å². The largest absolute Gasteiger partial charge is 0.493 e. The number of aliphatic carboxylic acids is 1. The van der Waals surface area contributed by atoms with Gasteiger partial charge in [-0.15, -0.1) is 0 Å². The van der Waals surface area contributed by atoms with E-state index in [4.69, 9.17) is 30.5 Å². The second kappa shape index (κ2) is 11.7. The van der Waals surface area contributed by atoms with E-state index in [-0.39, 0.29) is 18.4 Å². The van der Waals surface area contributed by atoms with Gasteiger partial charge in [0, 0.05) is 23.7 Å². The molecule has 2 atom stereocenters. The van der Waals surface area contributed by atoms with Crippen molar-refractivity contribution in [3.05, 3.63) is 70.0 Å². The van der Waals surface area contributed by atoms with Crippen LogP contribution in [0.4, 0.5) is 4.39 Å². The molecule has 0 amide bonds. The number of benzene rings is 3. The Morgan fingerprint density at radius 1 is 1.18 bits per heavy atom. The molecule has 0 radical (unpaired) electrons. The smallest absolute Gasteiger partial charge is 0.323 e. The molecular weight excluding hydrogens is 529 g/mol. The number of nitrogens with one attached hydrogen (secondary N) is 1. The Morgan fingerprint density at radius 2 is 2.00 bits per heavy atom. The van der Waals surface area contributed by atoms with Crippen LogP contribution in [0.5, 0.6) is 23.0 Å². The van der Waals surface area contributed by atoms with Crippen LogP contribution in [-0.2, 0) is 17.8 Å². The van der Waals surface area contributed by atoms with Crippen LogP contribution in [0.3, 0.4) is 0 Å².